The lowest BCUT2D eigenvalue weighted by Gasteiger charge is -2.39. The molecule has 6 heteroatoms. The number of aryl methyl sites for hydroxylation is 2. The van der Waals surface area contributed by atoms with Crippen molar-refractivity contribution in [2.45, 2.75) is 25.9 Å². The molecule has 0 spiro atoms. The number of carbonyl (C=O) groups is 1. The van der Waals surface area contributed by atoms with Crippen LogP contribution < -0.4 is 10.4 Å². The van der Waals surface area contributed by atoms with Crippen LogP contribution in [-0.2, 0) is 11.2 Å². The molecule has 1 fully saturated rings. The van der Waals surface area contributed by atoms with E-state index in [0.717, 1.165) is 5.56 Å². The van der Waals surface area contributed by atoms with Crippen molar-refractivity contribution in [3.8, 4) is 11.8 Å². The van der Waals surface area contributed by atoms with Crippen LogP contribution in [0.1, 0.15) is 23.3 Å². The fourth-order valence-corrected chi connectivity index (χ4v) is 2.71. The van der Waals surface area contributed by atoms with Gasteiger partial charge in [0.25, 0.3) is 0 Å². The van der Waals surface area contributed by atoms with Crippen LogP contribution in [-0.4, -0.2) is 30.0 Å². The van der Waals surface area contributed by atoms with Crippen LogP contribution >= 0.6 is 0 Å². The lowest BCUT2D eigenvalue weighted by Crippen LogP contribution is -2.56. The Morgan fingerprint density at radius 2 is 2.04 bits per heavy atom. The van der Waals surface area contributed by atoms with E-state index in [1.165, 1.54) is 6.07 Å². The molecule has 1 amide bonds. The summed E-state index contributed by atoms with van der Waals surface area (Å²) in [6.07, 6.45) is 0.970. The summed E-state index contributed by atoms with van der Waals surface area (Å²) in [6, 6.07) is 12.3. The van der Waals surface area contributed by atoms with Crippen molar-refractivity contribution < 1.29 is 13.9 Å². The number of hydrogen-bond donors (Lipinski definition) is 0. The average Bonchev–Trinajstić information content (AvgIpc) is 2.55. The molecule has 128 valence electrons. The van der Waals surface area contributed by atoms with E-state index in [9.17, 15) is 9.59 Å². The second kappa shape index (κ2) is 7.22. The van der Waals surface area contributed by atoms with Crippen molar-refractivity contribution in [1.29, 1.82) is 5.26 Å². The van der Waals surface area contributed by atoms with Crippen LogP contribution in [0.5, 0.6) is 5.75 Å². The molecule has 25 heavy (non-hydrogen) atoms. The zero-order chi connectivity index (χ0) is 17.8. The first-order valence-corrected chi connectivity index (χ1v) is 8.09. The Hall–Kier alpha value is -3.07. The van der Waals surface area contributed by atoms with Crippen LogP contribution in [0.4, 0.5) is 0 Å². The summed E-state index contributed by atoms with van der Waals surface area (Å²) >= 11 is 0. The Labute approximate surface area is 145 Å². The van der Waals surface area contributed by atoms with E-state index in [-0.39, 0.29) is 12.0 Å². The van der Waals surface area contributed by atoms with E-state index in [2.05, 4.69) is 6.07 Å². The van der Waals surface area contributed by atoms with Gasteiger partial charge in [-0.05, 0) is 31.0 Å². The van der Waals surface area contributed by atoms with Crippen LogP contribution in [0, 0.1) is 18.3 Å². The standard InChI is InChI=1S/C19H18N2O4/c1-13-8-16(9-19(23)24-13)25-17-11-21(12-17)18(22)7-6-14-2-4-15(10-20)5-3-14/h2-5,8-9,17H,6-7,11-12H2,1H3. The minimum atomic E-state index is -0.440. The van der Waals surface area contributed by atoms with Crippen LogP contribution in [0.2, 0.25) is 0 Å². The minimum absolute atomic E-state index is 0.0768. The van der Waals surface area contributed by atoms with Gasteiger partial charge in [-0.3, -0.25) is 4.79 Å². The van der Waals surface area contributed by atoms with Gasteiger partial charge in [0, 0.05) is 12.5 Å². The van der Waals surface area contributed by atoms with E-state index in [0.29, 0.717) is 43.0 Å². The number of nitriles is 1. The summed E-state index contributed by atoms with van der Waals surface area (Å²) < 4.78 is 10.6. The van der Waals surface area contributed by atoms with Crippen LogP contribution in [0.15, 0.2) is 45.6 Å². The molecule has 1 aliphatic rings. The van der Waals surface area contributed by atoms with Gasteiger partial charge in [-0.25, -0.2) is 4.79 Å². The second-order valence-corrected chi connectivity index (χ2v) is 6.07. The highest BCUT2D eigenvalue weighted by atomic mass is 16.5. The monoisotopic (exact) mass is 338 g/mol. The van der Waals surface area contributed by atoms with E-state index in [1.807, 2.05) is 12.1 Å². The number of hydrogen-bond acceptors (Lipinski definition) is 5. The van der Waals surface area contributed by atoms with Crippen molar-refractivity contribution in [1.82, 2.24) is 4.90 Å². The highest BCUT2D eigenvalue weighted by molar-refractivity contribution is 5.77. The molecule has 1 aromatic carbocycles. The Morgan fingerprint density at radius 3 is 2.68 bits per heavy atom. The highest BCUT2D eigenvalue weighted by Gasteiger charge is 2.32. The molecule has 1 aromatic heterocycles. The van der Waals surface area contributed by atoms with E-state index in [4.69, 9.17) is 14.4 Å². The summed E-state index contributed by atoms with van der Waals surface area (Å²) in [5.74, 6) is 1.05. The van der Waals surface area contributed by atoms with Gasteiger partial charge in [0.05, 0.1) is 30.8 Å². The molecular weight excluding hydrogens is 320 g/mol. The van der Waals surface area contributed by atoms with E-state index >= 15 is 0 Å². The van der Waals surface area contributed by atoms with Crippen molar-refractivity contribution in [2.75, 3.05) is 13.1 Å². The van der Waals surface area contributed by atoms with Gasteiger partial charge < -0.3 is 14.1 Å². The fourth-order valence-electron chi connectivity index (χ4n) is 2.71. The number of amides is 1. The maximum Gasteiger partial charge on any atom is 0.339 e. The molecule has 2 aromatic rings. The summed E-state index contributed by atoms with van der Waals surface area (Å²) in [6.45, 7) is 2.73. The predicted octanol–water partition coefficient (Wildman–Crippen LogP) is 2.04. The van der Waals surface area contributed by atoms with Crippen molar-refractivity contribution in [3.05, 3.63) is 63.7 Å². The quantitative estimate of drug-likeness (QED) is 0.833. The van der Waals surface area contributed by atoms with Gasteiger partial charge in [0.1, 0.15) is 17.6 Å². The molecule has 0 N–H and O–H groups in total. The molecular formula is C19H18N2O4. The van der Waals surface area contributed by atoms with Gasteiger partial charge in [0.2, 0.25) is 5.91 Å². The zero-order valence-electron chi connectivity index (χ0n) is 13.9. The van der Waals surface area contributed by atoms with Crippen molar-refractivity contribution in [2.24, 2.45) is 0 Å². The first-order valence-electron chi connectivity index (χ1n) is 8.09. The van der Waals surface area contributed by atoms with Gasteiger partial charge >= 0.3 is 5.63 Å². The third-order valence-corrected chi connectivity index (χ3v) is 4.08. The number of benzene rings is 1. The molecule has 0 aliphatic carbocycles. The topological polar surface area (TPSA) is 83.5 Å². The molecule has 2 heterocycles. The third kappa shape index (κ3) is 4.27. The largest absolute Gasteiger partial charge is 0.486 e. The molecule has 1 saturated heterocycles. The lowest BCUT2D eigenvalue weighted by atomic mass is 10.1. The summed E-state index contributed by atoms with van der Waals surface area (Å²) in [5, 5.41) is 8.77. The van der Waals surface area contributed by atoms with Gasteiger partial charge in [-0.2, -0.15) is 5.26 Å². The lowest BCUT2D eigenvalue weighted by molar-refractivity contribution is -0.139. The summed E-state index contributed by atoms with van der Waals surface area (Å²) in [4.78, 5) is 25.2. The van der Waals surface area contributed by atoms with Gasteiger partial charge in [-0.1, -0.05) is 12.1 Å². The fraction of sp³-hybridized carbons (Fsp3) is 0.316. The first-order chi connectivity index (χ1) is 12.0. The van der Waals surface area contributed by atoms with E-state index in [1.54, 1.807) is 30.0 Å². The molecule has 6 nitrogen and oxygen atoms in total. The smallest absolute Gasteiger partial charge is 0.339 e. The van der Waals surface area contributed by atoms with Gasteiger partial charge in [-0.15, -0.1) is 0 Å². The minimum Gasteiger partial charge on any atom is -0.486 e. The highest BCUT2D eigenvalue weighted by Crippen LogP contribution is 2.19. The molecule has 0 saturated carbocycles. The average molecular weight is 338 g/mol. The first kappa shape index (κ1) is 16.8. The Morgan fingerprint density at radius 1 is 1.32 bits per heavy atom. The SMILES string of the molecule is Cc1cc(OC2CN(C(=O)CCc3ccc(C#N)cc3)C2)cc(=O)o1. The van der Waals surface area contributed by atoms with Crippen molar-refractivity contribution >= 4 is 5.91 Å². The molecule has 0 unspecified atom stereocenters. The maximum atomic E-state index is 12.2. The van der Waals surface area contributed by atoms with Gasteiger partial charge in [0.15, 0.2) is 0 Å². The van der Waals surface area contributed by atoms with Crippen molar-refractivity contribution in [3.63, 3.8) is 0 Å². The Bertz CT molecular complexity index is 858. The van der Waals surface area contributed by atoms with Crippen LogP contribution in [0.25, 0.3) is 0 Å². The molecule has 1 aliphatic heterocycles. The number of nitrogens with zero attached hydrogens (tertiary/aromatic N) is 2. The normalized spacial score (nSPS) is 13.8. The second-order valence-electron chi connectivity index (χ2n) is 6.07. The third-order valence-electron chi connectivity index (χ3n) is 4.08. The zero-order valence-corrected chi connectivity index (χ0v) is 13.9. The number of ether oxygens (including phenoxy) is 1. The predicted molar refractivity (Wildman–Crippen MR) is 90.2 cm³/mol. The summed E-state index contributed by atoms with van der Waals surface area (Å²) in [7, 11) is 0. The molecule has 0 radical (unpaired) electrons. The summed E-state index contributed by atoms with van der Waals surface area (Å²) in [5.41, 5.74) is 1.21. The number of rotatable bonds is 5. The molecule has 0 bridgehead atoms. The molecule has 3 rings (SSSR count). The van der Waals surface area contributed by atoms with E-state index < -0.39 is 5.63 Å². The number of carbonyl (C=O) groups excluding carboxylic acids is 1. The number of likely N-dealkylation sites (tertiary alicyclic amines) is 1. The Balaban J connectivity index is 1.44. The maximum absolute atomic E-state index is 12.2. The Kier molecular flexibility index (Phi) is 4.85. The molecule has 0 atom stereocenters. The van der Waals surface area contributed by atoms with Crippen LogP contribution in [0.3, 0.4) is 0 Å².